The van der Waals surface area contributed by atoms with Gasteiger partial charge in [-0.1, -0.05) is 30.2 Å². The molecule has 2 atom stereocenters. The van der Waals surface area contributed by atoms with Gasteiger partial charge in [-0.3, -0.25) is 0 Å². The average molecular weight is 302 g/mol. The number of rotatable bonds is 5. The Labute approximate surface area is 120 Å². The molecule has 19 heavy (non-hydrogen) atoms. The summed E-state index contributed by atoms with van der Waals surface area (Å²) in [5, 5.41) is 0.623. The molecule has 2 rings (SSSR count). The van der Waals surface area contributed by atoms with Crippen LogP contribution in [0.5, 0.6) is 0 Å². The first-order valence-electron chi connectivity index (χ1n) is 6.67. The molecular formula is C14H20ClNO2S. The third-order valence-corrected chi connectivity index (χ3v) is 5.70. The standard InChI is InChI=1S/C14H20ClNO2S/c15-13-6-4-11(5-7-13)10-19(17,18)9-8-12-2-1-3-14(12)16/h4-7,12,14H,1-3,8-10,16H2. The van der Waals surface area contributed by atoms with Crippen molar-refractivity contribution in [1.29, 1.82) is 0 Å². The smallest absolute Gasteiger partial charge is 0.154 e. The van der Waals surface area contributed by atoms with Crippen molar-refractivity contribution >= 4 is 21.4 Å². The SMILES string of the molecule is NC1CCCC1CCS(=O)(=O)Cc1ccc(Cl)cc1. The van der Waals surface area contributed by atoms with Gasteiger partial charge in [0.1, 0.15) is 0 Å². The molecule has 0 amide bonds. The molecule has 0 aromatic heterocycles. The van der Waals surface area contributed by atoms with Crippen molar-refractivity contribution in [2.75, 3.05) is 5.75 Å². The maximum atomic E-state index is 12.1. The Balaban J connectivity index is 1.89. The first-order valence-corrected chi connectivity index (χ1v) is 8.87. The van der Waals surface area contributed by atoms with Crippen LogP contribution in [0.3, 0.4) is 0 Å². The maximum Gasteiger partial charge on any atom is 0.154 e. The van der Waals surface area contributed by atoms with Crippen LogP contribution in [0.4, 0.5) is 0 Å². The van der Waals surface area contributed by atoms with E-state index in [0.29, 0.717) is 17.4 Å². The summed E-state index contributed by atoms with van der Waals surface area (Å²) in [7, 11) is -3.06. The van der Waals surface area contributed by atoms with E-state index in [1.807, 2.05) is 0 Å². The lowest BCUT2D eigenvalue weighted by molar-refractivity contribution is 0.464. The van der Waals surface area contributed by atoms with Gasteiger partial charge < -0.3 is 5.73 Å². The molecule has 1 aliphatic rings. The fraction of sp³-hybridized carbons (Fsp3) is 0.571. The van der Waals surface area contributed by atoms with Crippen LogP contribution < -0.4 is 5.73 Å². The number of halogens is 1. The molecule has 0 radical (unpaired) electrons. The van der Waals surface area contributed by atoms with Crippen LogP contribution in [-0.2, 0) is 15.6 Å². The molecule has 1 aliphatic carbocycles. The van der Waals surface area contributed by atoms with E-state index in [4.69, 9.17) is 17.3 Å². The Bertz CT molecular complexity index is 513. The molecule has 1 aromatic rings. The Morgan fingerprint density at radius 1 is 1.21 bits per heavy atom. The monoisotopic (exact) mass is 301 g/mol. The number of nitrogens with two attached hydrogens (primary N) is 1. The van der Waals surface area contributed by atoms with Crippen LogP contribution in [0.25, 0.3) is 0 Å². The number of benzene rings is 1. The van der Waals surface area contributed by atoms with Crippen LogP contribution >= 0.6 is 11.6 Å². The van der Waals surface area contributed by atoms with Gasteiger partial charge >= 0.3 is 0 Å². The minimum atomic E-state index is -3.06. The number of sulfone groups is 1. The van der Waals surface area contributed by atoms with Crippen LogP contribution in [0, 0.1) is 5.92 Å². The Hall–Kier alpha value is -0.580. The van der Waals surface area contributed by atoms with Crippen LogP contribution in [0.2, 0.25) is 5.02 Å². The molecular weight excluding hydrogens is 282 g/mol. The highest BCUT2D eigenvalue weighted by Gasteiger charge is 2.25. The van der Waals surface area contributed by atoms with E-state index in [2.05, 4.69) is 0 Å². The fourth-order valence-electron chi connectivity index (χ4n) is 2.66. The Kier molecular flexibility index (Phi) is 4.87. The van der Waals surface area contributed by atoms with Crippen molar-refractivity contribution in [3.05, 3.63) is 34.9 Å². The van der Waals surface area contributed by atoms with Crippen LogP contribution in [0.1, 0.15) is 31.2 Å². The molecule has 106 valence electrons. The molecule has 1 saturated carbocycles. The second-order valence-electron chi connectivity index (χ2n) is 5.36. The molecule has 3 nitrogen and oxygen atoms in total. The highest BCUT2D eigenvalue weighted by molar-refractivity contribution is 7.90. The minimum Gasteiger partial charge on any atom is -0.327 e. The van der Waals surface area contributed by atoms with Crippen molar-refractivity contribution in [2.45, 2.75) is 37.5 Å². The molecule has 0 heterocycles. The number of hydrogen-bond donors (Lipinski definition) is 1. The fourth-order valence-corrected chi connectivity index (χ4v) is 4.29. The van der Waals surface area contributed by atoms with E-state index in [1.54, 1.807) is 24.3 Å². The molecule has 0 saturated heterocycles. The molecule has 0 bridgehead atoms. The predicted molar refractivity (Wildman–Crippen MR) is 78.9 cm³/mol. The quantitative estimate of drug-likeness (QED) is 0.909. The van der Waals surface area contributed by atoms with E-state index in [0.717, 1.165) is 24.8 Å². The van der Waals surface area contributed by atoms with Crippen molar-refractivity contribution in [3.8, 4) is 0 Å². The summed E-state index contributed by atoms with van der Waals surface area (Å²) in [6.45, 7) is 0. The first kappa shape index (κ1) is 14.8. The summed E-state index contributed by atoms with van der Waals surface area (Å²) >= 11 is 5.78. The molecule has 1 aromatic carbocycles. The summed E-state index contributed by atoms with van der Waals surface area (Å²) < 4.78 is 24.1. The summed E-state index contributed by atoms with van der Waals surface area (Å²) in [5.74, 6) is 0.695. The van der Waals surface area contributed by atoms with Gasteiger partial charge in [0.2, 0.25) is 0 Å². The van der Waals surface area contributed by atoms with E-state index >= 15 is 0 Å². The van der Waals surface area contributed by atoms with Crippen LogP contribution in [-0.4, -0.2) is 20.2 Å². The van der Waals surface area contributed by atoms with Gasteiger partial charge in [-0.15, -0.1) is 0 Å². The lowest BCUT2D eigenvalue weighted by atomic mass is 10.0. The van der Waals surface area contributed by atoms with Gasteiger partial charge in [0, 0.05) is 11.1 Å². The van der Waals surface area contributed by atoms with Gasteiger partial charge in [0.05, 0.1) is 11.5 Å². The zero-order valence-corrected chi connectivity index (χ0v) is 12.5. The predicted octanol–water partition coefficient (Wildman–Crippen LogP) is 2.77. The van der Waals surface area contributed by atoms with Gasteiger partial charge in [-0.05, 0) is 42.9 Å². The molecule has 0 aliphatic heterocycles. The van der Waals surface area contributed by atoms with Crippen LogP contribution in [0.15, 0.2) is 24.3 Å². The molecule has 5 heteroatoms. The lowest BCUT2D eigenvalue weighted by Crippen LogP contribution is -2.26. The van der Waals surface area contributed by atoms with E-state index in [-0.39, 0.29) is 17.5 Å². The molecule has 2 unspecified atom stereocenters. The number of hydrogen-bond acceptors (Lipinski definition) is 3. The average Bonchev–Trinajstić information content (AvgIpc) is 2.75. The summed E-state index contributed by atoms with van der Waals surface area (Å²) in [6, 6.07) is 7.16. The molecule has 1 fully saturated rings. The maximum absolute atomic E-state index is 12.1. The second kappa shape index (κ2) is 6.25. The van der Waals surface area contributed by atoms with Crippen molar-refractivity contribution < 1.29 is 8.42 Å². The zero-order chi connectivity index (χ0) is 13.9. The summed E-state index contributed by atoms with van der Waals surface area (Å²) in [6.07, 6.45) is 3.92. The zero-order valence-electron chi connectivity index (χ0n) is 10.9. The van der Waals surface area contributed by atoms with Gasteiger partial charge in [-0.25, -0.2) is 8.42 Å². The minimum absolute atomic E-state index is 0.0894. The highest BCUT2D eigenvalue weighted by atomic mass is 35.5. The third-order valence-electron chi connectivity index (χ3n) is 3.82. The second-order valence-corrected chi connectivity index (χ2v) is 7.98. The largest absolute Gasteiger partial charge is 0.327 e. The van der Waals surface area contributed by atoms with E-state index < -0.39 is 9.84 Å². The lowest BCUT2D eigenvalue weighted by Gasteiger charge is -2.14. The highest BCUT2D eigenvalue weighted by Crippen LogP contribution is 2.27. The van der Waals surface area contributed by atoms with E-state index in [9.17, 15) is 8.42 Å². The van der Waals surface area contributed by atoms with Gasteiger partial charge in [-0.2, -0.15) is 0 Å². The third kappa shape index (κ3) is 4.48. The van der Waals surface area contributed by atoms with Crippen molar-refractivity contribution in [2.24, 2.45) is 11.7 Å². The first-order chi connectivity index (χ1) is 8.96. The van der Waals surface area contributed by atoms with E-state index in [1.165, 1.54) is 0 Å². The Morgan fingerprint density at radius 2 is 1.89 bits per heavy atom. The topological polar surface area (TPSA) is 60.2 Å². The summed E-state index contributed by atoms with van der Waals surface area (Å²) in [4.78, 5) is 0. The normalized spacial score (nSPS) is 23.7. The molecule has 2 N–H and O–H groups in total. The van der Waals surface area contributed by atoms with Crippen molar-refractivity contribution in [1.82, 2.24) is 0 Å². The Morgan fingerprint density at radius 3 is 2.47 bits per heavy atom. The van der Waals surface area contributed by atoms with Gasteiger partial charge in [0.15, 0.2) is 9.84 Å². The molecule has 0 spiro atoms. The van der Waals surface area contributed by atoms with Crippen molar-refractivity contribution in [3.63, 3.8) is 0 Å². The van der Waals surface area contributed by atoms with Gasteiger partial charge in [0.25, 0.3) is 0 Å². The summed E-state index contributed by atoms with van der Waals surface area (Å²) in [5.41, 5.74) is 6.76.